The van der Waals surface area contributed by atoms with Gasteiger partial charge in [0.2, 0.25) is 0 Å². The summed E-state index contributed by atoms with van der Waals surface area (Å²) in [5, 5.41) is 3.32. The first-order chi connectivity index (χ1) is 8.19. The van der Waals surface area contributed by atoms with E-state index in [0.717, 1.165) is 0 Å². The number of nitrogens with one attached hydrogen (secondary N) is 1. The Labute approximate surface area is 104 Å². The van der Waals surface area contributed by atoms with Crippen LogP contribution < -0.4 is 16.0 Å². The van der Waals surface area contributed by atoms with Crippen LogP contribution in [0.25, 0.3) is 0 Å². The van der Waals surface area contributed by atoms with Gasteiger partial charge >= 0.3 is 0 Å². The summed E-state index contributed by atoms with van der Waals surface area (Å²) in [4.78, 5) is 2.08. The quantitative estimate of drug-likeness (QED) is 0.752. The van der Waals surface area contributed by atoms with Gasteiger partial charge in [0.05, 0.1) is 6.54 Å². The Morgan fingerprint density at radius 3 is 2.41 bits per heavy atom. The fraction of sp³-hybridized carbons (Fsp3) is 0.429. The van der Waals surface area contributed by atoms with Crippen LogP contribution in [0.4, 0.5) is 5.69 Å². The Hall–Kier alpha value is -1.50. The molecule has 1 aromatic rings. The second-order valence-electron chi connectivity index (χ2n) is 4.08. The fourth-order valence-corrected chi connectivity index (χ4v) is 1.60. The number of nitrogens with zero attached hydrogens (tertiary/aromatic N) is 1. The van der Waals surface area contributed by atoms with Gasteiger partial charge < -0.3 is 10.6 Å². The van der Waals surface area contributed by atoms with E-state index in [1.165, 1.54) is 11.3 Å². The first-order valence-electron chi connectivity index (χ1n) is 5.79. The fourth-order valence-electron chi connectivity index (χ4n) is 1.60. The topological polar surface area (TPSA) is 41.3 Å². The highest BCUT2D eigenvalue weighted by atomic mass is 15.1. The van der Waals surface area contributed by atoms with Crippen LogP contribution in [0.1, 0.15) is 18.5 Å². The van der Waals surface area contributed by atoms with E-state index in [1.54, 1.807) is 0 Å². The van der Waals surface area contributed by atoms with Crippen molar-refractivity contribution in [1.29, 1.82) is 0 Å². The lowest BCUT2D eigenvalue weighted by Gasteiger charge is -2.18. The highest BCUT2D eigenvalue weighted by Crippen LogP contribution is 2.17. The largest absolute Gasteiger partial charge is 0.378 e. The summed E-state index contributed by atoms with van der Waals surface area (Å²) in [6, 6.07) is 8.60. The molecule has 3 N–H and O–H groups in total. The smallest absolute Gasteiger partial charge is 0.0581 e. The lowest BCUT2D eigenvalue weighted by molar-refractivity contribution is 0.582. The van der Waals surface area contributed by atoms with Gasteiger partial charge in [0.25, 0.3) is 0 Å². The molecule has 0 radical (unpaired) electrons. The minimum atomic E-state index is 0.173. The van der Waals surface area contributed by atoms with Crippen molar-refractivity contribution in [2.45, 2.75) is 13.0 Å². The summed E-state index contributed by atoms with van der Waals surface area (Å²) < 4.78 is 0. The standard InChI is InChI=1S/C14H21N3/c1-4-5-10-16-14(11-15)12-6-8-13(9-7-12)17(2)3/h6-9,14,16H,10-11,15H2,1-3H3. The molecular weight excluding hydrogens is 210 g/mol. The van der Waals surface area contributed by atoms with E-state index >= 15 is 0 Å². The molecule has 0 bridgehead atoms. The Balaban J connectivity index is 2.70. The monoisotopic (exact) mass is 231 g/mol. The molecule has 17 heavy (non-hydrogen) atoms. The van der Waals surface area contributed by atoms with Gasteiger partial charge in [-0.25, -0.2) is 0 Å². The van der Waals surface area contributed by atoms with E-state index in [4.69, 9.17) is 5.73 Å². The number of nitrogens with two attached hydrogens (primary N) is 1. The predicted molar refractivity (Wildman–Crippen MR) is 74.0 cm³/mol. The third kappa shape index (κ3) is 4.10. The predicted octanol–water partition coefficient (Wildman–Crippen LogP) is 1.37. The molecule has 0 fully saturated rings. The average Bonchev–Trinajstić information content (AvgIpc) is 2.35. The van der Waals surface area contributed by atoms with E-state index < -0.39 is 0 Å². The Bertz CT molecular complexity index is 384. The van der Waals surface area contributed by atoms with Crippen molar-refractivity contribution in [3.05, 3.63) is 29.8 Å². The first-order valence-corrected chi connectivity index (χ1v) is 5.79. The number of benzene rings is 1. The van der Waals surface area contributed by atoms with E-state index in [0.29, 0.717) is 13.1 Å². The molecular formula is C14H21N3. The second-order valence-corrected chi connectivity index (χ2v) is 4.08. The molecule has 0 amide bonds. The lowest BCUT2D eigenvalue weighted by atomic mass is 10.1. The van der Waals surface area contributed by atoms with Crippen LogP contribution >= 0.6 is 0 Å². The first kappa shape index (κ1) is 13.6. The van der Waals surface area contributed by atoms with Crippen molar-refractivity contribution < 1.29 is 0 Å². The van der Waals surface area contributed by atoms with Gasteiger partial charge in [-0.3, -0.25) is 5.32 Å². The van der Waals surface area contributed by atoms with Crippen LogP contribution in [0, 0.1) is 11.8 Å². The number of hydrogen-bond donors (Lipinski definition) is 2. The van der Waals surface area contributed by atoms with Crippen LogP contribution in [0.3, 0.4) is 0 Å². The Morgan fingerprint density at radius 1 is 1.29 bits per heavy atom. The third-order valence-electron chi connectivity index (χ3n) is 2.66. The van der Waals surface area contributed by atoms with Crippen LogP contribution in [0.5, 0.6) is 0 Å². The molecule has 0 heterocycles. The van der Waals surface area contributed by atoms with Crippen molar-refractivity contribution >= 4 is 5.69 Å². The van der Waals surface area contributed by atoms with E-state index in [9.17, 15) is 0 Å². The maximum Gasteiger partial charge on any atom is 0.0581 e. The zero-order valence-electron chi connectivity index (χ0n) is 10.8. The van der Waals surface area contributed by atoms with Crippen molar-refractivity contribution in [2.75, 3.05) is 32.1 Å². The molecule has 0 aliphatic heterocycles. The SMILES string of the molecule is CC#CCNC(CN)c1ccc(N(C)C)cc1. The lowest BCUT2D eigenvalue weighted by Crippen LogP contribution is -2.28. The maximum atomic E-state index is 5.76. The molecule has 0 aliphatic rings. The molecule has 1 rings (SSSR count). The molecule has 1 atom stereocenters. The molecule has 0 saturated carbocycles. The zero-order valence-corrected chi connectivity index (χ0v) is 10.8. The zero-order chi connectivity index (χ0) is 12.7. The van der Waals surface area contributed by atoms with Crippen molar-refractivity contribution in [3.8, 4) is 11.8 Å². The van der Waals surface area contributed by atoms with Crippen LogP contribution in [0.15, 0.2) is 24.3 Å². The molecule has 3 nitrogen and oxygen atoms in total. The Kier molecular flexibility index (Phi) is 5.55. The average molecular weight is 231 g/mol. The van der Waals surface area contributed by atoms with Gasteiger partial charge in [0.15, 0.2) is 0 Å². The number of hydrogen-bond acceptors (Lipinski definition) is 3. The Morgan fingerprint density at radius 2 is 1.94 bits per heavy atom. The van der Waals surface area contributed by atoms with E-state index in [2.05, 4.69) is 46.3 Å². The molecule has 0 saturated heterocycles. The highest BCUT2D eigenvalue weighted by Gasteiger charge is 2.07. The van der Waals surface area contributed by atoms with Crippen LogP contribution in [-0.2, 0) is 0 Å². The van der Waals surface area contributed by atoms with Crippen molar-refractivity contribution in [3.63, 3.8) is 0 Å². The van der Waals surface area contributed by atoms with E-state index in [1.807, 2.05) is 21.0 Å². The van der Waals surface area contributed by atoms with Gasteiger partial charge in [-0.1, -0.05) is 18.1 Å². The number of rotatable bonds is 5. The summed E-state index contributed by atoms with van der Waals surface area (Å²) in [5.74, 6) is 5.85. The van der Waals surface area contributed by atoms with Gasteiger partial charge in [-0.05, 0) is 24.6 Å². The molecule has 1 unspecified atom stereocenters. The van der Waals surface area contributed by atoms with Crippen molar-refractivity contribution in [1.82, 2.24) is 5.32 Å². The minimum Gasteiger partial charge on any atom is -0.378 e. The van der Waals surface area contributed by atoms with Crippen LogP contribution in [-0.4, -0.2) is 27.2 Å². The summed E-state index contributed by atoms with van der Waals surface area (Å²) in [6.45, 7) is 3.09. The van der Waals surface area contributed by atoms with Gasteiger partial charge in [-0.2, -0.15) is 0 Å². The normalized spacial score (nSPS) is 11.5. The van der Waals surface area contributed by atoms with Crippen LogP contribution in [0.2, 0.25) is 0 Å². The maximum absolute atomic E-state index is 5.76. The second kappa shape index (κ2) is 6.95. The molecule has 1 aromatic carbocycles. The minimum absolute atomic E-state index is 0.173. The third-order valence-corrected chi connectivity index (χ3v) is 2.66. The summed E-state index contributed by atoms with van der Waals surface area (Å²) >= 11 is 0. The summed E-state index contributed by atoms with van der Waals surface area (Å²) in [7, 11) is 4.06. The molecule has 3 heteroatoms. The number of anilines is 1. The van der Waals surface area contributed by atoms with Gasteiger partial charge in [0.1, 0.15) is 0 Å². The van der Waals surface area contributed by atoms with Crippen molar-refractivity contribution in [2.24, 2.45) is 5.73 Å². The molecule has 0 aromatic heterocycles. The summed E-state index contributed by atoms with van der Waals surface area (Å²) in [6.07, 6.45) is 0. The molecule has 0 aliphatic carbocycles. The van der Waals surface area contributed by atoms with Gasteiger partial charge in [0, 0.05) is 32.4 Å². The molecule has 92 valence electrons. The molecule has 0 spiro atoms. The van der Waals surface area contributed by atoms with E-state index in [-0.39, 0.29) is 6.04 Å². The van der Waals surface area contributed by atoms with Gasteiger partial charge in [-0.15, -0.1) is 5.92 Å². The highest BCUT2D eigenvalue weighted by molar-refractivity contribution is 5.46. The summed E-state index contributed by atoms with van der Waals surface area (Å²) in [5.41, 5.74) is 8.16.